The average Bonchev–Trinajstić information content (AvgIpc) is 1.84. The molecule has 5 N–H and O–H groups in total. The van der Waals surface area contributed by atoms with Crippen molar-refractivity contribution in [2.24, 2.45) is 22.1 Å². The van der Waals surface area contributed by atoms with Crippen molar-refractivity contribution in [1.29, 1.82) is 0 Å². The number of carbonyl (C=O) groups excluding carboxylic acids is 2. The van der Waals surface area contributed by atoms with E-state index < -0.39 is 20.0 Å². The lowest BCUT2D eigenvalue weighted by atomic mass is 10.0. The minimum atomic E-state index is -3.93. The van der Waals surface area contributed by atoms with Crippen LogP contribution in [0.15, 0.2) is 149 Å². The highest BCUT2D eigenvalue weighted by molar-refractivity contribution is 7.89. The Labute approximate surface area is 550 Å². The Morgan fingerprint density at radius 3 is 1.54 bits per heavy atom. The Morgan fingerprint density at radius 1 is 0.618 bits per heavy atom. The number of hydrogen-bond donors (Lipinski definition) is 3. The van der Waals surface area contributed by atoms with Gasteiger partial charge in [0.1, 0.15) is 42.8 Å². The molecule has 0 aliphatic carbocycles. The summed E-state index contributed by atoms with van der Waals surface area (Å²) < 4.78 is 71.9. The fraction of sp³-hybridized carbons (Fsp3) is 0.353. The fourth-order valence-corrected chi connectivity index (χ4v) is 11.5. The Morgan fingerprint density at radius 2 is 1.09 bits per heavy atom. The molecule has 1 aliphatic rings. The molecule has 6 aromatic carbocycles. The number of nitrogens with two attached hydrogens (primary N) is 2. The number of nitrogens with one attached hydrogen (secondary N) is 1. The number of benzene rings is 6. The van der Waals surface area contributed by atoms with Gasteiger partial charge in [-0.1, -0.05) is 171 Å². The Bertz CT molecular complexity index is 3710. The van der Waals surface area contributed by atoms with Gasteiger partial charge in [-0.25, -0.2) is 27.1 Å². The number of ether oxygens (including phenoxy) is 4. The molecule has 0 saturated carbocycles. The first-order valence-corrected chi connectivity index (χ1v) is 34.9. The first kappa shape index (κ1) is 73.6. The van der Waals surface area contributed by atoms with Gasteiger partial charge in [0, 0.05) is 30.8 Å². The number of para-hydroxylation sites is 2. The number of ketones is 2. The van der Waals surface area contributed by atoms with Crippen molar-refractivity contribution >= 4 is 101 Å². The second-order valence-corrected chi connectivity index (χ2v) is 28.0. The van der Waals surface area contributed by atoms with Gasteiger partial charge >= 0.3 is 0 Å². The molecule has 0 spiro atoms. The molecule has 14 nitrogen and oxygen atoms in total. The average molecular weight is 1350 g/mol. The number of thiophene rings is 1. The zero-order valence-corrected chi connectivity index (χ0v) is 57.6. The van der Waals surface area contributed by atoms with Gasteiger partial charge < -0.3 is 29.2 Å². The fourth-order valence-electron chi connectivity index (χ4n) is 8.51. The molecule has 1 aliphatic heterocycles. The molecule has 89 heavy (non-hydrogen) atoms. The van der Waals surface area contributed by atoms with E-state index >= 15 is 0 Å². The summed E-state index contributed by atoms with van der Waals surface area (Å²) in [5, 5.41) is 17.2. The summed E-state index contributed by atoms with van der Waals surface area (Å²) in [5.41, 5.74) is 4.55. The smallest absolute Gasteiger partial charge is 0.241 e. The molecule has 2 heterocycles. The van der Waals surface area contributed by atoms with Crippen LogP contribution < -0.4 is 39.4 Å². The molecule has 0 atom stereocenters. The van der Waals surface area contributed by atoms with Crippen LogP contribution >= 0.6 is 57.7 Å². The summed E-state index contributed by atoms with van der Waals surface area (Å²) in [6.07, 6.45) is 4.76. The van der Waals surface area contributed by atoms with E-state index in [2.05, 4.69) is 23.7 Å². The molecule has 480 valence electrons. The summed E-state index contributed by atoms with van der Waals surface area (Å²) in [6.45, 7) is 27.6. The van der Waals surface area contributed by atoms with Crippen LogP contribution in [-0.4, -0.2) is 61.3 Å². The van der Waals surface area contributed by atoms with Crippen molar-refractivity contribution in [2.75, 3.05) is 43.1 Å². The lowest BCUT2D eigenvalue weighted by molar-refractivity contribution is 0.102. The highest BCUT2D eigenvalue weighted by Crippen LogP contribution is 2.43. The van der Waals surface area contributed by atoms with Crippen molar-refractivity contribution in [3.63, 3.8) is 0 Å². The Hall–Kier alpha value is -6.12. The first-order chi connectivity index (χ1) is 42.1. The topological polar surface area (TPSA) is 207 Å². The van der Waals surface area contributed by atoms with Crippen molar-refractivity contribution < 1.29 is 45.4 Å². The number of unbranched alkanes of at least 4 members (excludes halogenated alkanes) is 1. The molecular weight excluding hydrogens is 1270 g/mol. The maximum Gasteiger partial charge on any atom is 0.241 e. The molecule has 0 amide bonds. The van der Waals surface area contributed by atoms with Crippen molar-refractivity contribution in [1.82, 2.24) is 0 Å². The van der Waals surface area contributed by atoms with Crippen LogP contribution in [0.25, 0.3) is 0 Å². The number of anilines is 2. The SMILES string of the molecule is C=C(CC)C(=O)c1ccc(OCC(C)C)c(Cl)c1Cl.CC(C)COc1ccc(C(=O)c2cccs2)c(Cl)c1Cl.CC(C)c1cc(N2CCCC2)c(Oc2ccccc2)c(S(N)(=O)=O)c1.CCCCNc1cc(C(C)C)cc(S(N)(=O)=O)c1Oc1ccccc1. The van der Waals surface area contributed by atoms with E-state index in [9.17, 15) is 26.4 Å². The molecule has 7 aromatic rings. The van der Waals surface area contributed by atoms with Crippen LogP contribution in [0, 0.1) is 11.8 Å². The second kappa shape index (κ2) is 34.9. The minimum Gasteiger partial charge on any atom is -0.492 e. The number of Topliss-reactive ketones (excluding diaryl/α,β-unsaturated/α-hetero) is 1. The molecule has 1 fully saturated rings. The zero-order chi connectivity index (χ0) is 65.8. The standard InChI is InChI=1S/C19H24N2O3S.C19H26N2O3S.C15H14Cl2O2S.C15H18Cl2O2/c1-14(2)15-12-17(21-10-6-7-11-21)19(18(13-15)25(20,22)23)24-16-8-4-3-5-9-16;1-4-5-11-21-17-12-15(14(2)3)13-18(25(20,22)23)19(17)24-16-9-7-6-8-10-16;1-9(2)8-19-11-6-5-10(13(16)14(11)17)15(18)12-4-3-7-20-12;1-5-10(4)15(18)11-6-7-12(14(17)13(11)16)19-8-9(2)3/h3-5,8-9,12-14H,6-7,10-11H2,1-2H3,(H2,20,22,23);6-10,12-14,21H,4-5,11H2,1-3H3,(H2,20,22,23);3-7,9H,8H2,1-2H3;6-7,9H,4-5,8H2,1-3H3. The molecule has 21 heteroatoms. The Balaban J connectivity index is 0.000000218. The Kier molecular flexibility index (Phi) is 28.9. The third kappa shape index (κ3) is 21.8. The van der Waals surface area contributed by atoms with Gasteiger partial charge in [0.25, 0.3) is 0 Å². The number of primary sulfonamides is 2. The largest absolute Gasteiger partial charge is 0.492 e. The highest BCUT2D eigenvalue weighted by atomic mass is 35.5. The lowest BCUT2D eigenvalue weighted by Crippen LogP contribution is -2.21. The molecular formula is C68H82Cl4N4O10S3. The van der Waals surface area contributed by atoms with E-state index in [0.717, 1.165) is 62.1 Å². The van der Waals surface area contributed by atoms with Crippen LogP contribution in [-0.2, 0) is 20.0 Å². The third-order valence-corrected chi connectivity index (χ3v) is 18.0. The molecule has 8 rings (SSSR count). The van der Waals surface area contributed by atoms with Gasteiger partial charge in [-0.05, 0) is 150 Å². The predicted molar refractivity (Wildman–Crippen MR) is 367 cm³/mol. The van der Waals surface area contributed by atoms with Gasteiger partial charge in [-0.2, -0.15) is 0 Å². The van der Waals surface area contributed by atoms with Gasteiger partial charge in [0.05, 0.1) is 39.5 Å². The summed E-state index contributed by atoms with van der Waals surface area (Å²) in [4.78, 5) is 27.2. The molecule has 1 saturated heterocycles. The maximum absolute atomic E-state index is 12.3. The summed E-state index contributed by atoms with van der Waals surface area (Å²) >= 11 is 26.0. The number of halogens is 4. The van der Waals surface area contributed by atoms with Crippen LogP contribution in [0.3, 0.4) is 0 Å². The van der Waals surface area contributed by atoms with Crippen molar-refractivity contribution in [3.8, 4) is 34.5 Å². The summed E-state index contributed by atoms with van der Waals surface area (Å²) in [5.74, 6) is 3.54. The van der Waals surface area contributed by atoms with E-state index in [1.165, 1.54) is 11.3 Å². The summed E-state index contributed by atoms with van der Waals surface area (Å²) in [6, 6.07) is 35.7. The number of allylic oxidation sites excluding steroid dienone is 1. The number of hydrogen-bond acceptors (Lipinski definition) is 13. The second-order valence-electron chi connectivity index (χ2n) is 22.4. The molecule has 1 aromatic heterocycles. The number of carbonyl (C=O) groups is 2. The summed E-state index contributed by atoms with van der Waals surface area (Å²) in [7, 11) is -7.84. The third-order valence-electron chi connectivity index (χ3n) is 13.5. The van der Waals surface area contributed by atoms with Gasteiger partial charge in [-0.15, -0.1) is 11.3 Å². The minimum absolute atomic E-state index is 0.00144. The first-order valence-electron chi connectivity index (χ1n) is 29.5. The van der Waals surface area contributed by atoms with E-state index in [1.54, 1.807) is 66.7 Å². The molecule has 0 bridgehead atoms. The number of sulfonamides is 2. The zero-order valence-electron chi connectivity index (χ0n) is 52.1. The highest BCUT2D eigenvalue weighted by Gasteiger charge is 2.28. The molecule has 0 unspecified atom stereocenters. The van der Waals surface area contributed by atoms with Crippen molar-refractivity contribution in [2.45, 2.75) is 123 Å². The monoisotopic (exact) mass is 1350 g/mol. The van der Waals surface area contributed by atoms with Crippen LogP contribution in [0.1, 0.15) is 150 Å². The van der Waals surface area contributed by atoms with Crippen molar-refractivity contribution in [3.05, 3.63) is 186 Å². The van der Waals surface area contributed by atoms with Gasteiger partial charge in [0.2, 0.25) is 25.8 Å². The van der Waals surface area contributed by atoms with E-state index in [-0.39, 0.29) is 59.0 Å². The van der Waals surface area contributed by atoms with Crippen LogP contribution in [0.5, 0.6) is 34.5 Å². The van der Waals surface area contributed by atoms with Crippen LogP contribution in [0.2, 0.25) is 20.1 Å². The predicted octanol–water partition coefficient (Wildman–Crippen LogP) is 18.8. The van der Waals surface area contributed by atoms with Gasteiger partial charge in [-0.3, -0.25) is 9.59 Å². The normalized spacial score (nSPS) is 12.2. The van der Waals surface area contributed by atoms with E-state index in [0.29, 0.717) is 87.5 Å². The van der Waals surface area contributed by atoms with E-state index in [1.807, 2.05) is 122 Å². The van der Waals surface area contributed by atoms with Gasteiger partial charge in [0.15, 0.2) is 17.3 Å². The number of rotatable bonds is 24. The number of nitrogens with zero attached hydrogens (tertiary/aromatic N) is 1. The lowest BCUT2D eigenvalue weighted by Gasteiger charge is -2.25. The van der Waals surface area contributed by atoms with Crippen LogP contribution in [0.4, 0.5) is 11.4 Å². The molecule has 0 radical (unpaired) electrons. The maximum atomic E-state index is 12.3. The quantitative estimate of drug-likeness (QED) is 0.0293. The van der Waals surface area contributed by atoms with E-state index in [4.69, 9.17) is 75.6 Å².